The first-order chi connectivity index (χ1) is 9.65. The standard InChI is InChI=1S/C17H27ClN2/c1-4-10-19-13(3)16-9-8-15(11-17(16)18)20(5-2)12-14-6-7-14/h8-9,11,13-14,19H,4-7,10,12H2,1-3H3. The van der Waals surface area contributed by atoms with Crippen LogP contribution in [0.2, 0.25) is 5.02 Å². The molecule has 0 radical (unpaired) electrons. The van der Waals surface area contributed by atoms with E-state index >= 15 is 0 Å². The van der Waals surface area contributed by atoms with E-state index in [9.17, 15) is 0 Å². The van der Waals surface area contributed by atoms with Gasteiger partial charge in [0.25, 0.3) is 0 Å². The fraction of sp³-hybridized carbons (Fsp3) is 0.647. The molecule has 0 saturated heterocycles. The Morgan fingerprint density at radius 2 is 2.10 bits per heavy atom. The maximum atomic E-state index is 6.49. The molecule has 0 aliphatic heterocycles. The molecule has 0 bridgehead atoms. The summed E-state index contributed by atoms with van der Waals surface area (Å²) >= 11 is 6.49. The van der Waals surface area contributed by atoms with Gasteiger partial charge in [0.2, 0.25) is 0 Å². The van der Waals surface area contributed by atoms with Crippen LogP contribution in [0.3, 0.4) is 0 Å². The topological polar surface area (TPSA) is 15.3 Å². The molecule has 1 N–H and O–H groups in total. The first-order valence-corrected chi connectivity index (χ1v) is 8.31. The third-order valence-electron chi connectivity index (χ3n) is 4.07. The van der Waals surface area contributed by atoms with Crippen molar-refractivity contribution in [2.24, 2.45) is 5.92 Å². The molecule has 2 rings (SSSR count). The minimum Gasteiger partial charge on any atom is -0.371 e. The highest BCUT2D eigenvalue weighted by molar-refractivity contribution is 6.31. The Morgan fingerprint density at radius 3 is 2.65 bits per heavy atom. The highest BCUT2D eigenvalue weighted by atomic mass is 35.5. The maximum Gasteiger partial charge on any atom is 0.0474 e. The lowest BCUT2D eigenvalue weighted by atomic mass is 10.1. The lowest BCUT2D eigenvalue weighted by molar-refractivity contribution is 0.571. The van der Waals surface area contributed by atoms with Crippen LogP contribution in [0.25, 0.3) is 0 Å². The van der Waals surface area contributed by atoms with Crippen LogP contribution < -0.4 is 10.2 Å². The summed E-state index contributed by atoms with van der Waals surface area (Å²) in [6.45, 7) is 9.84. The van der Waals surface area contributed by atoms with Gasteiger partial charge in [0.15, 0.2) is 0 Å². The van der Waals surface area contributed by atoms with Gasteiger partial charge >= 0.3 is 0 Å². The molecule has 1 aliphatic rings. The number of nitrogens with one attached hydrogen (secondary N) is 1. The molecule has 20 heavy (non-hydrogen) atoms. The molecule has 1 aliphatic carbocycles. The summed E-state index contributed by atoms with van der Waals surface area (Å²) in [7, 11) is 0. The van der Waals surface area contributed by atoms with Gasteiger partial charge in [-0.25, -0.2) is 0 Å². The Hall–Kier alpha value is -0.730. The minimum atomic E-state index is 0.315. The number of rotatable bonds is 8. The van der Waals surface area contributed by atoms with E-state index < -0.39 is 0 Å². The summed E-state index contributed by atoms with van der Waals surface area (Å²) < 4.78 is 0. The quantitative estimate of drug-likeness (QED) is 0.751. The molecule has 3 heteroatoms. The number of nitrogens with zero attached hydrogens (tertiary/aromatic N) is 1. The van der Waals surface area contributed by atoms with Crippen LogP contribution in [0.1, 0.15) is 51.6 Å². The van der Waals surface area contributed by atoms with Crippen molar-refractivity contribution in [1.82, 2.24) is 5.32 Å². The zero-order valence-corrected chi connectivity index (χ0v) is 13.7. The van der Waals surface area contributed by atoms with Gasteiger partial charge in [-0.15, -0.1) is 0 Å². The second-order valence-corrected chi connectivity index (χ2v) is 6.27. The van der Waals surface area contributed by atoms with Crippen LogP contribution in [-0.2, 0) is 0 Å². The van der Waals surface area contributed by atoms with Crippen molar-refractivity contribution < 1.29 is 0 Å². The normalized spacial score (nSPS) is 16.2. The van der Waals surface area contributed by atoms with Gasteiger partial charge in [0, 0.05) is 29.8 Å². The van der Waals surface area contributed by atoms with Gasteiger partial charge in [-0.1, -0.05) is 24.6 Å². The first-order valence-electron chi connectivity index (χ1n) is 7.93. The lowest BCUT2D eigenvalue weighted by Gasteiger charge is -2.24. The molecule has 112 valence electrons. The van der Waals surface area contributed by atoms with Gasteiger partial charge < -0.3 is 10.2 Å². The second kappa shape index (κ2) is 7.33. The van der Waals surface area contributed by atoms with Crippen molar-refractivity contribution in [3.8, 4) is 0 Å². The van der Waals surface area contributed by atoms with E-state index in [0.29, 0.717) is 6.04 Å². The van der Waals surface area contributed by atoms with Crippen LogP contribution in [0.4, 0.5) is 5.69 Å². The molecule has 1 fully saturated rings. The Balaban J connectivity index is 2.06. The van der Waals surface area contributed by atoms with Gasteiger partial charge in [-0.2, -0.15) is 0 Å². The van der Waals surface area contributed by atoms with Gasteiger partial charge in [0.1, 0.15) is 0 Å². The Kier molecular flexibility index (Phi) is 5.74. The summed E-state index contributed by atoms with van der Waals surface area (Å²) in [6, 6.07) is 6.85. The zero-order chi connectivity index (χ0) is 14.5. The van der Waals surface area contributed by atoms with Gasteiger partial charge in [-0.3, -0.25) is 0 Å². The van der Waals surface area contributed by atoms with Crippen molar-refractivity contribution in [1.29, 1.82) is 0 Å². The average molecular weight is 295 g/mol. The summed E-state index contributed by atoms with van der Waals surface area (Å²) in [5.74, 6) is 0.901. The van der Waals surface area contributed by atoms with Gasteiger partial charge in [-0.05, 0) is 63.3 Å². The number of anilines is 1. The SMILES string of the molecule is CCCNC(C)c1ccc(N(CC)CC2CC2)cc1Cl. The van der Waals surface area contributed by atoms with Crippen LogP contribution in [0, 0.1) is 5.92 Å². The van der Waals surface area contributed by atoms with Crippen LogP contribution in [0.15, 0.2) is 18.2 Å². The molecule has 0 heterocycles. The molecule has 2 nitrogen and oxygen atoms in total. The average Bonchev–Trinajstić information content (AvgIpc) is 3.26. The van der Waals surface area contributed by atoms with E-state index in [2.05, 4.69) is 49.2 Å². The smallest absolute Gasteiger partial charge is 0.0474 e. The van der Waals surface area contributed by atoms with Crippen molar-refractivity contribution in [2.75, 3.05) is 24.5 Å². The van der Waals surface area contributed by atoms with Crippen molar-refractivity contribution in [3.05, 3.63) is 28.8 Å². The second-order valence-electron chi connectivity index (χ2n) is 5.86. The van der Waals surface area contributed by atoms with Crippen LogP contribution in [0.5, 0.6) is 0 Å². The fourth-order valence-electron chi connectivity index (χ4n) is 2.56. The highest BCUT2D eigenvalue weighted by Gasteiger charge is 2.24. The molecule has 1 unspecified atom stereocenters. The Bertz CT molecular complexity index is 429. The lowest BCUT2D eigenvalue weighted by Crippen LogP contribution is -2.25. The fourth-order valence-corrected chi connectivity index (χ4v) is 2.90. The molecular weight excluding hydrogens is 268 g/mol. The third-order valence-corrected chi connectivity index (χ3v) is 4.40. The molecule has 1 atom stereocenters. The molecule has 0 amide bonds. The van der Waals surface area contributed by atoms with E-state index in [1.807, 2.05) is 0 Å². The highest BCUT2D eigenvalue weighted by Crippen LogP contribution is 2.33. The minimum absolute atomic E-state index is 0.315. The summed E-state index contributed by atoms with van der Waals surface area (Å²) in [6.07, 6.45) is 3.92. The van der Waals surface area contributed by atoms with Crippen molar-refractivity contribution in [3.63, 3.8) is 0 Å². The van der Waals surface area contributed by atoms with Crippen LogP contribution in [-0.4, -0.2) is 19.6 Å². The number of hydrogen-bond acceptors (Lipinski definition) is 2. The van der Waals surface area contributed by atoms with E-state index in [0.717, 1.165) is 30.5 Å². The summed E-state index contributed by atoms with van der Waals surface area (Å²) in [4.78, 5) is 2.44. The largest absolute Gasteiger partial charge is 0.371 e. The van der Waals surface area contributed by atoms with E-state index in [1.54, 1.807) is 0 Å². The summed E-state index contributed by atoms with van der Waals surface area (Å²) in [5.41, 5.74) is 2.46. The predicted octanol–water partition coefficient (Wildman–Crippen LogP) is 4.64. The monoisotopic (exact) mass is 294 g/mol. The van der Waals surface area contributed by atoms with E-state index in [1.165, 1.54) is 30.6 Å². The number of halogens is 1. The first kappa shape index (κ1) is 15.7. The molecule has 1 aromatic rings. The molecule has 0 aromatic heterocycles. The van der Waals surface area contributed by atoms with E-state index in [4.69, 9.17) is 11.6 Å². The number of benzene rings is 1. The van der Waals surface area contributed by atoms with Crippen molar-refractivity contribution in [2.45, 2.75) is 46.1 Å². The molecular formula is C17H27ClN2. The predicted molar refractivity (Wildman–Crippen MR) is 88.8 cm³/mol. The Labute approximate surface area is 128 Å². The zero-order valence-electron chi connectivity index (χ0n) is 13.0. The Morgan fingerprint density at radius 1 is 1.35 bits per heavy atom. The van der Waals surface area contributed by atoms with E-state index in [-0.39, 0.29) is 0 Å². The third kappa shape index (κ3) is 4.13. The summed E-state index contributed by atoms with van der Waals surface area (Å²) in [5, 5.41) is 4.38. The van der Waals surface area contributed by atoms with Gasteiger partial charge in [0.05, 0.1) is 0 Å². The van der Waals surface area contributed by atoms with Crippen LogP contribution >= 0.6 is 11.6 Å². The molecule has 1 aromatic carbocycles. The number of hydrogen-bond donors (Lipinski definition) is 1. The van der Waals surface area contributed by atoms with Crippen molar-refractivity contribution >= 4 is 17.3 Å². The molecule has 1 saturated carbocycles. The maximum absolute atomic E-state index is 6.49. The molecule has 0 spiro atoms.